The zero-order valence-corrected chi connectivity index (χ0v) is 11.7. The van der Waals surface area contributed by atoms with E-state index in [1.807, 2.05) is 21.1 Å². The van der Waals surface area contributed by atoms with E-state index in [1.165, 1.54) is 19.3 Å². The van der Waals surface area contributed by atoms with E-state index in [2.05, 4.69) is 19.9 Å². The molecule has 18 heavy (non-hydrogen) atoms. The standard InChI is InChI=1S/C12H22N5O/c1-17(2,3)11-13-10(14-12(15-11)18-4)16-8-6-5-7-9-16/h5-9H2,1-4H3/q+1. The number of methoxy groups -OCH3 is 1. The average Bonchev–Trinajstić information content (AvgIpc) is 2.38. The molecule has 0 aromatic carbocycles. The van der Waals surface area contributed by atoms with Crippen LogP contribution in [0.1, 0.15) is 19.3 Å². The van der Waals surface area contributed by atoms with Crippen LogP contribution >= 0.6 is 0 Å². The number of nitrogens with zero attached hydrogens (tertiary/aromatic N) is 5. The number of ether oxygens (including phenoxy) is 1. The molecule has 2 heterocycles. The summed E-state index contributed by atoms with van der Waals surface area (Å²) in [5.74, 6) is 1.46. The normalized spacial score (nSPS) is 16.8. The van der Waals surface area contributed by atoms with Crippen molar-refractivity contribution >= 4 is 11.9 Å². The van der Waals surface area contributed by atoms with Gasteiger partial charge < -0.3 is 9.64 Å². The fourth-order valence-electron chi connectivity index (χ4n) is 1.96. The van der Waals surface area contributed by atoms with Gasteiger partial charge in [0.2, 0.25) is 5.95 Å². The van der Waals surface area contributed by atoms with Crippen LogP contribution in [0.25, 0.3) is 0 Å². The molecule has 0 atom stereocenters. The Bertz CT molecular complexity index is 409. The summed E-state index contributed by atoms with van der Waals surface area (Å²) in [4.78, 5) is 15.5. The lowest BCUT2D eigenvalue weighted by atomic mass is 10.1. The Morgan fingerprint density at radius 2 is 1.67 bits per heavy atom. The minimum atomic E-state index is 0.397. The summed E-state index contributed by atoms with van der Waals surface area (Å²) >= 11 is 0. The van der Waals surface area contributed by atoms with E-state index in [0.717, 1.165) is 25.0 Å². The molecule has 1 aromatic rings. The average molecular weight is 252 g/mol. The Morgan fingerprint density at radius 1 is 1.00 bits per heavy atom. The van der Waals surface area contributed by atoms with Crippen LogP contribution in [0, 0.1) is 0 Å². The largest absolute Gasteiger partial charge is 0.467 e. The molecule has 1 aliphatic rings. The zero-order valence-electron chi connectivity index (χ0n) is 11.7. The topological polar surface area (TPSA) is 51.1 Å². The Balaban J connectivity index is 2.34. The summed E-state index contributed by atoms with van der Waals surface area (Å²) in [5.41, 5.74) is 0. The molecule has 2 rings (SSSR count). The van der Waals surface area contributed by atoms with E-state index < -0.39 is 0 Å². The molecule has 0 bridgehead atoms. The minimum Gasteiger partial charge on any atom is -0.467 e. The molecular formula is C12H22N5O+. The quantitative estimate of drug-likeness (QED) is 0.753. The summed E-state index contributed by atoms with van der Waals surface area (Å²) in [6.07, 6.45) is 3.70. The molecule has 0 N–H and O–H groups in total. The van der Waals surface area contributed by atoms with Crippen molar-refractivity contribution in [2.75, 3.05) is 46.2 Å². The smallest absolute Gasteiger partial charge is 0.336 e. The first-order valence-electron chi connectivity index (χ1n) is 6.38. The van der Waals surface area contributed by atoms with Gasteiger partial charge in [-0.05, 0) is 19.3 Å². The number of hydrogen-bond acceptors (Lipinski definition) is 5. The maximum absolute atomic E-state index is 5.18. The highest BCUT2D eigenvalue weighted by atomic mass is 16.5. The van der Waals surface area contributed by atoms with E-state index in [4.69, 9.17) is 4.74 Å². The van der Waals surface area contributed by atoms with Crippen LogP contribution in [0.3, 0.4) is 0 Å². The molecule has 6 heteroatoms. The molecule has 1 aromatic heterocycles. The lowest BCUT2D eigenvalue weighted by Crippen LogP contribution is -2.38. The van der Waals surface area contributed by atoms with E-state index in [1.54, 1.807) is 7.11 Å². The third-order valence-corrected chi connectivity index (χ3v) is 3.01. The van der Waals surface area contributed by atoms with Gasteiger partial charge in [0.15, 0.2) is 0 Å². The number of anilines is 1. The molecule has 0 unspecified atom stereocenters. The van der Waals surface area contributed by atoms with Gasteiger partial charge in [-0.3, -0.25) is 4.48 Å². The molecule has 1 saturated heterocycles. The van der Waals surface area contributed by atoms with Gasteiger partial charge in [-0.2, -0.15) is 4.98 Å². The number of piperidine rings is 1. The van der Waals surface area contributed by atoms with Crippen molar-refractivity contribution < 1.29 is 4.74 Å². The summed E-state index contributed by atoms with van der Waals surface area (Å²) in [6, 6.07) is 0.397. The summed E-state index contributed by atoms with van der Waals surface area (Å²) < 4.78 is 5.74. The maximum atomic E-state index is 5.18. The monoisotopic (exact) mass is 252 g/mol. The number of hydrogen-bond donors (Lipinski definition) is 0. The Morgan fingerprint density at radius 3 is 2.22 bits per heavy atom. The molecule has 6 nitrogen and oxygen atoms in total. The first kappa shape index (κ1) is 13.0. The second-order valence-corrected chi connectivity index (χ2v) is 5.48. The van der Waals surface area contributed by atoms with Crippen LogP contribution in [0.2, 0.25) is 0 Å². The van der Waals surface area contributed by atoms with Crippen LogP contribution in [-0.4, -0.2) is 56.3 Å². The van der Waals surface area contributed by atoms with Crippen LogP contribution < -0.4 is 14.1 Å². The summed E-state index contributed by atoms with van der Waals surface area (Å²) in [5, 5.41) is 0. The highest BCUT2D eigenvalue weighted by Crippen LogP contribution is 2.21. The van der Waals surface area contributed by atoms with Crippen molar-refractivity contribution in [2.24, 2.45) is 0 Å². The van der Waals surface area contributed by atoms with Gasteiger partial charge in [0, 0.05) is 13.1 Å². The third kappa shape index (κ3) is 2.87. The van der Waals surface area contributed by atoms with Crippen LogP contribution in [0.4, 0.5) is 11.9 Å². The second-order valence-electron chi connectivity index (χ2n) is 5.48. The van der Waals surface area contributed by atoms with Gasteiger partial charge in [-0.15, -0.1) is 9.97 Å². The molecular weight excluding hydrogens is 230 g/mol. The number of rotatable bonds is 3. The zero-order chi connectivity index (χ0) is 13.2. The van der Waals surface area contributed by atoms with Crippen LogP contribution in [0.5, 0.6) is 6.01 Å². The molecule has 100 valence electrons. The molecule has 1 fully saturated rings. The van der Waals surface area contributed by atoms with Crippen molar-refractivity contribution in [1.29, 1.82) is 0 Å². The van der Waals surface area contributed by atoms with Gasteiger partial charge in [-0.1, -0.05) is 0 Å². The Hall–Kier alpha value is -1.43. The molecule has 0 spiro atoms. The predicted molar refractivity (Wildman–Crippen MR) is 72.0 cm³/mol. The van der Waals surface area contributed by atoms with Crippen LogP contribution in [-0.2, 0) is 0 Å². The van der Waals surface area contributed by atoms with Gasteiger partial charge in [0.05, 0.1) is 28.3 Å². The lowest BCUT2D eigenvalue weighted by Gasteiger charge is -2.28. The van der Waals surface area contributed by atoms with E-state index >= 15 is 0 Å². The first-order chi connectivity index (χ1) is 8.50. The number of aromatic nitrogens is 3. The third-order valence-electron chi connectivity index (χ3n) is 3.01. The second kappa shape index (κ2) is 5.06. The fraction of sp³-hybridized carbons (Fsp3) is 0.750. The van der Waals surface area contributed by atoms with Crippen molar-refractivity contribution in [3.8, 4) is 6.01 Å². The van der Waals surface area contributed by atoms with Crippen molar-refractivity contribution in [3.63, 3.8) is 0 Å². The number of quaternary nitrogens is 1. The Kier molecular flexibility index (Phi) is 3.65. The summed E-state index contributed by atoms with van der Waals surface area (Å²) in [7, 11) is 7.70. The van der Waals surface area contributed by atoms with Gasteiger partial charge >= 0.3 is 12.0 Å². The van der Waals surface area contributed by atoms with Gasteiger partial charge in [-0.25, -0.2) is 0 Å². The van der Waals surface area contributed by atoms with E-state index in [-0.39, 0.29) is 0 Å². The van der Waals surface area contributed by atoms with E-state index in [0.29, 0.717) is 10.5 Å². The van der Waals surface area contributed by atoms with E-state index in [9.17, 15) is 0 Å². The highest BCUT2D eigenvalue weighted by molar-refractivity contribution is 5.37. The fourth-order valence-corrected chi connectivity index (χ4v) is 1.96. The molecule has 0 saturated carbocycles. The summed E-state index contributed by atoms with van der Waals surface area (Å²) in [6.45, 7) is 2.04. The predicted octanol–water partition coefficient (Wildman–Crippen LogP) is 1.07. The van der Waals surface area contributed by atoms with Crippen molar-refractivity contribution in [3.05, 3.63) is 0 Å². The molecule has 0 aliphatic carbocycles. The van der Waals surface area contributed by atoms with Gasteiger partial charge in [0.1, 0.15) is 0 Å². The SMILES string of the molecule is COc1nc(N2CCCCC2)nc([N+](C)(C)C)n1. The molecule has 0 radical (unpaired) electrons. The first-order valence-corrected chi connectivity index (χ1v) is 6.38. The lowest BCUT2D eigenvalue weighted by molar-refractivity contribution is 0.366. The molecule has 1 aliphatic heterocycles. The highest BCUT2D eigenvalue weighted by Gasteiger charge is 2.23. The van der Waals surface area contributed by atoms with Crippen molar-refractivity contribution in [2.45, 2.75) is 19.3 Å². The maximum Gasteiger partial charge on any atom is 0.336 e. The van der Waals surface area contributed by atoms with Gasteiger partial charge in [0.25, 0.3) is 0 Å². The van der Waals surface area contributed by atoms with Crippen molar-refractivity contribution in [1.82, 2.24) is 19.4 Å². The minimum absolute atomic E-state index is 0.397. The van der Waals surface area contributed by atoms with Crippen LogP contribution in [0.15, 0.2) is 0 Å². The molecule has 0 amide bonds. The Labute approximate surface area is 108 Å².